The predicted molar refractivity (Wildman–Crippen MR) is 89.2 cm³/mol. The summed E-state index contributed by atoms with van der Waals surface area (Å²) in [5, 5.41) is 11.8. The molecule has 0 aromatic heterocycles. The molecule has 0 saturated heterocycles. The lowest BCUT2D eigenvalue weighted by molar-refractivity contribution is -0.145. The van der Waals surface area contributed by atoms with E-state index in [1.54, 1.807) is 25.3 Å². The minimum absolute atomic E-state index is 0.0137. The molecule has 0 bridgehead atoms. The number of benzene rings is 1. The van der Waals surface area contributed by atoms with Gasteiger partial charge in [-0.3, -0.25) is 0 Å². The van der Waals surface area contributed by atoms with Crippen molar-refractivity contribution in [3.05, 3.63) is 36.4 Å². The van der Waals surface area contributed by atoms with E-state index in [9.17, 15) is 14.7 Å². The normalized spacial score (nSPS) is 17.7. The van der Waals surface area contributed by atoms with Gasteiger partial charge in [-0.25, -0.2) is 9.59 Å². The molecule has 9 nitrogen and oxygen atoms in total. The highest BCUT2D eigenvalue weighted by atomic mass is 16.7. The first-order valence-corrected chi connectivity index (χ1v) is 7.84. The van der Waals surface area contributed by atoms with Crippen molar-refractivity contribution in [3.8, 4) is 11.5 Å². The van der Waals surface area contributed by atoms with E-state index in [0.717, 1.165) is 0 Å². The first-order chi connectivity index (χ1) is 12.6. The van der Waals surface area contributed by atoms with Crippen LogP contribution < -0.4 is 14.8 Å². The van der Waals surface area contributed by atoms with Gasteiger partial charge in [-0.05, 0) is 12.1 Å². The number of fused-ring (bicyclic) bond motifs is 1. The van der Waals surface area contributed by atoms with Gasteiger partial charge in [-0.15, -0.1) is 0 Å². The largest absolute Gasteiger partial charge is 0.478 e. The van der Waals surface area contributed by atoms with E-state index < -0.39 is 24.2 Å². The number of nitrogens with one attached hydrogen (secondary N) is 1. The van der Waals surface area contributed by atoms with Crippen LogP contribution in [0.1, 0.15) is 11.6 Å². The maximum absolute atomic E-state index is 11.7. The molecule has 0 aliphatic carbocycles. The molecule has 2 N–H and O–H groups in total. The fraction of sp³-hybridized carbons (Fsp3) is 0.412. The van der Waals surface area contributed by atoms with Crippen molar-refractivity contribution in [2.45, 2.75) is 12.1 Å². The van der Waals surface area contributed by atoms with Crippen molar-refractivity contribution < 1.29 is 38.4 Å². The first kappa shape index (κ1) is 19.5. The van der Waals surface area contributed by atoms with E-state index in [2.05, 4.69) is 11.9 Å². The highest BCUT2D eigenvalue weighted by Crippen LogP contribution is 2.39. The van der Waals surface area contributed by atoms with Gasteiger partial charge in [-0.2, -0.15) is 0 Å². The van der Waals surface area contributed by atoms with E-state index in [0.29, 0.717) is 30.3 Å². The number of ether oxygens (including phenoxy) is 5. The molecule has 9 heteroatoms. The fourth-order valence-electron chi connectivity index (χ4n) is 2.29. The lowest BCUT2D eigenvalue weighted by Crippen LogP contribution is -2.40. The summed E-state index contributed by atoms with van der Waals surface area (Å²) in [7, 11) is 1.57. The molecule has 1 aromatic carbocycles. The van der Waals surface area contributed by atoms with E-state index in [-0.39, 0.29) is 13.4 Å². The number of amides is 1. The lowest BCUT2D eigenvalue weighted by Gasteiger charge is -2.16. The standard InChI is InChI=1S/C17H21NO8/c1-3-6-24-17(21)18-14-12-5-4-11(25-10-23-8-7-22-2)9-13(12)26-15(14)16(19)20/h3-5,9,14-15H,1,6-8,10H2,2H3,(H,18,21)(H,19,20)/t14-,15-/m0/s1. The topological polar surface area (TPSA) is 113 Å². The smallest absolute Gasteiger partial charge is 0.408 e. The van der Waals surface area contributed by atoms with Crippen LogP contribution in [0.3, 0.4) is 0 Å². The van der Waals surface area contributed by atoms with Crippen LogP contribution in [0.4, 0.5) is 4.79 Å². The van der Waals surface area contributed by atoms with Crippen LogP contribution in [0.5, 0.6) is 11.5 Å². The average molecular weight is 367 g/mol. The third-order valence-electron chi connectivity index (χ3n) is 3.47. The summed E-state index contributed by atoms with van der Waals surface area (Å²) < 4.78 is 25.7. The van der Waals surface area contributed by atoms with Crippen molar-refractivity contribution in [1.82, 2.24) is 5.32 Å². The van der Waals surface area contributed by atoms with Crippen LogP contribution in [0, 0.1) is 0 Å². The third-order valence-corrected chi connectivity index (χ3v) is 3.47. The number of methoxy groups -OCH3 is 1. The van der Waals surface area contributed by atoms with Crippen molar-refractivity contribution in [2.75, 3.05) is 33.7 Å². The van der Waals surface area contributed by atoms with Crippen LogP contribution in [0.25, 0.3) is 0 Å². The molecule has 0 unspecified atom stereocenters. The summed E-state index contributed by atoms with van der Waals surface area (Å²) in [6, 6.07) is 3.92. The van der Waals surface area contributed by atoms with Gasteiger partial charge in [0, 0.05) is 18.7 Å². The Morgan fingerprint density at radius 3 is 2.88 bits per heavy atom. The summed E-state index contributed by atoms with van der Waals surface area (Å²) in [5.41, 5.74) is 0.514. The quantitative estimate of drug-likeness (QED) is 0.363. The molecule has 142 valence electrons. The Hall–Kier alpha value is -2.78. The number of alkyl carbamates (subject to hydrolysis) is 1. The molecule has 26 heavy (non-hydrogen) atoms. The Morgan fingerprint density at radius 1 is 1.38 bits per heavy atom. The number of aliphatic carboxylic acids is 1. The third kappa shape index (κ3) is 5.11. The second kappa shape index (κ2) is 9.64. The van der Waals surface area contributed by atoms with Crippen molar-refractivity contribution >= 4 is 12.1 Å². The molecule has 2 rings (SSSR count). The highest BCUT2D eigenvalue weighted by molar-refractivity contribution is 5.78. The summed E-state index contributed by atoms with van der Waals surface area (Å²) in [4.78, 5) is 23.2. The second-order valence-corrected chi connectivity index (χ2v) is 5.25. The summed E-state index contributed by atoms with van der Waals surface area (Å²) in [5.74, 6) is -0.457. The van der Waals surface area contributed by atoms with Gasteiger partial charge in [0.05, 0.1) is 13.2 Å². The zero-order valence-electron chi connectivity index (χ0n) is 14.3. The Morgan fingerprint density at radius 2 is 2.19 bits per heavy atom. The van der Waals surface area contributed by atoms with Gasteiger partial charge in [0.15, 0.2) is 6.79 Å². The molecule has 1 aromatic rings. The van der Waals surface area contributed by atoms with Crippen LogP contribution >= 0.6 is 0 Å². The Balaban J connectivity index is 2.04. The van der Waals surface area contributed by atoms with Gasteiger partial charge < -0.3 is 34.1 Å². The number of carboxylic acid groups (broad SMARTS) is 1. The SMILES string of the molecule is C=CCOC(=O)N[C@H]1c2ccc(OCOCCOC)cc2O[C@@H]1C(=O)O. The molecule has 0 fully saturated rings. The molecule has 0 radical (unpaired) electrons. The van der Waals surface area contributed by atoms with Crippen LogP contribution in [0.2, 0.25) is 0 Å². The van der Waals surface area contributed by atoms with Crippen LogP contribution in [-0.4, -0.2) is 57.0 Å². The van der Waals surface area contributed by atoms with Crippen molar-refractivity contribution in [3.63, 3.8) is 0 Å². The molecule has 2 atom stereocenters. The minimum atomic E-state index is -1.27. The molecule has 0 spiro atoms. The van der Waals surface area contributed by atoms with Gasteiger partial charge in [-0.1, -0.05) is 12.7 Å². The zero-order valence-corrected chi connectivity index (χ0v) is 14.3. The van der Waals surface area contributed by atoms with E-state index in [4.69, 9.17) is 23.7 Å². The monoisotopic (exact) mass is 367 g/mol. The number of hydrogen-bond donors (Lipinski definition) is 2. The fourth-order valence-corrected chi connectivity index (χ4v) is 2.29. The van der Waals surface area contributed by atoms with Crippen molar-refractivity contribution in [2.24, 2.45) is 0 Å². The Labute approximate surface area is 150 Å². The zero-order chi connectivity index (χ0) is 18.9. The van der Waals surface area contributed by atoms with Crippen LogP contribution in [0.15, 0.2) is 30.9 Å². The summed E-state index contributed by atoms with van der Waals surface area (Å²) in [6.07, 6.45) is -0.620. The number of carbonyl (C=O) groups is 2. The van der Waals surface area contributed by atoms with Crippen molar-refractivity contribution in [1.29, 1.82) is 0 Å². The predicted octanol–water partition coefficient (Wildman–Crippen LogP) is 1.48. The lowest BCUT2D eigenvalue weighted by atomic mass is 10.0. The van der Waals surface area contributed by atoms with E-state index in [1.807, 2.05) is 0 Å². The first-order valence-electron chi connectivity index (χ1n) is 7.84. The molecular weight excluding hydrogens is 346 g/mol. The number of hydrogen-bond acceptors (Lipinski definition) is 7. The van der Waals surface area contributed by atoms with Crippen LogP contribution in [-0.2, 0) is 19.0 Å². The van der Waals surface area contributed by atoms with Gasteiger partial charge >= 0.3 is 12.1 Å². The second-order valence-electron chi connectivity index (χ2n) is 5.25. The van der Waals surface area contributed by atoms with E-state index >= 15 is 0 Å². The molecule has 1 heterocycles. The minimum Gasteiger partial charge on any atom is -0.478 e. The Bertz CT molecular complexity index is 648. The summed E-state index contributed by atoms with van der Waals surface area (Å²) in [6.45, 7) is 4.30. The molecular formula is C17H21NO8. The number of carboxylic acids is 1. The van der Waals surface area contributed by atoms with Gasteiger partial charge in [0.2, 0.25) is 6.10 Å². The maximum atomic E-state index is 11.7. The average Bonchev–Trinajstić information content (AvgIpc) is 2.98. The molecule has 1 amide bonds. The molecule has 1 aliphatic heterocycles. The number of carbonyl (C=O) groups excluding carboxylic acids is 1. The number of rotatable bonds is 10. The molecule has 0 saturated carbocycles. The van der Waals surface area contributed by atoms with E-state index in [1.165, 1.54) is 6.08 Å². The highest BCUT2D eigenvalue weighted by Gasteiger charge is 2.41. The summed E-state index contributed by atoms with van der Waals surface area (Å²) >= 11 is 0. The Kier molecular flexibility index (Phi) is 7.24. The van der Waals surface area contributed by atoms with Gasteiger partial charge in [0.1, 0.15) is 24.1 Å². The maximum Gasteiger partial charge on any atom is 0.408 e. The molecule has 1 aliphatic rings. The van der Waals surface area contributed by atoms with Gasteiger partial charge in [0.25, 0.3) is 0 Å².